The second kappa shape index (κ2) is 6.87. The third kappa shape index (κ3) is 3.45. The Labute approximate surface area is 130 Å². The van der Waals surface area contributed by atoms with Gasteiger partial charge in [0.2, 0.25) is 0 Å². The molecule has 0 aromatic carbocycles. The van der Waals surface area contributed by atoms with E-state index in [1.54, 1.807) is 16.7 Å². The van der Waals surface area contributed by atoms with Crippen LogP contribution in [0.25, 0.3) is 0 Å². The van der Waals surface area contributed by atoms with E-state index in [1.165, 1.54) is 0 Å². The highest BCUT2D eigenvalue weighted by Crippen LogP contribution is 2.33. The Balaban J connectivity index is 2.11. The number of carboxylic acids is 1. The lowest BCUT2D eigenvalue weighted by atomic mass is 10.2. The fraction of sp³-hybridized carbons (Fsp3) is 0.857. The summed E-state index contributed by atoms with van der Waals surface area (Å²) < 4.78 is 0. The van der Waals surface area contributed by atoms with Crippen LogP contribution in [0.4, 0.5) is 4.79 Å². The number of piperazine rings is 1. The van der Waals surface area contributed by atoms with Gasteiger partial charge in [-0.3, -0.25) is 4.90 Å². The van der Waals surface area contributed by atoms with Gasteiger partial charge in [0, 0.05) is 31.4 Å². The van der Waals surface area contributed by atoms with E-state index in [-0.39, 0.29) is 11.4 Å². The summed E-state index contributed by atoms with van der Waals surface area (Å²) in [7, 11) is 2.05. The number of rotatable bonds is 3. The number of aliphatic carboxylic acids is 1. The molecule has 2 aliphatic rings. The molecule has 3 atom stereocenters. The molecular weight excluding hydrogens is 290 g/mol. The molecule has 2 fully saturated rings. The maximum Gasteiger partial charge on any atom is 0.327 e. The van der Waals surface area contributed by atoms with Gasteiger partial charge >= 0.3 is 12.0 Å². The van der Waals surface area contributed by atoms with Gasteiger partial charge in [-0.2, -0.15) is 0 Å². The number of likely N-dealkylation sites (N-methyl/N-ethyl adjacent to an activating group) is 1. The molecule has 21 heavy (non-hydrogen) atoms. The molecule has 7 heteroatoms. The first-order chi connectivity index (χ1) is 9.95. The average molecular weight is 315 g/mol. The van der Waals surface area contributed by atoms with Crippen molar-refractivity contribution in [1.82, 2.24) is 14.7 Å². The van der Waals surface area contributed by atoms with Crippen molar-refractivity contribution in [2.24, 2.45) is 0 Å². The normalized spacial score (nSPS) is 30.7. The Hall–Kier alpha value is -0.950. The van der Waals surface area contributed by atoms with Crippen molar-refractivity contribution in [1.29, 1.82) is 0 Å². The molecule has 0 bridgehead atoms. The number of carbonyl (C=O) groups is 2. The predicted octanol–water partition coefficient (Wildman–Crippen LogP) is 1.37. The lowest BCUT2D eigenvalue weighted by Crippen LogP contribution is -2.58. The van der Waals surface area contributed by atoms with E-state index in [4.69, 9.17) is 0 Å². The van der Waals surface area contributed by atoms with Crippen LogP contribution in [0.5, 0.6) is 0 Å². The van der Waals surface area contributed by atoms with E-state index >= 15 is 0 Å². The maximum atomic E-state index is 12.8. The number of urea groups is 1. The molecule has 6 nitrogen and oxygen atoms in total. The van der Waals surface area contributed by atoms with Crippen molar-refractivity contribution < 1.29 is 14.7 Å². The van der Waals surface area contributed by atoms with Gasteiger partial charge in [-0.1, -0.05) is 13.3 Å². The van der Waals surface area contributed by atoms with Crippen molar-refractivity contribution in [3.05, 3.63) is 0 Å². The first kappa shape index (κ1) is 16.4. The third-order valence-corrected chi connectivity index (χ3v) is 5.72. The Morgan fingerprint density at radius 2 is 2.05 bits per heavy atom. The molecule has 2 saturated heterocycles. The van der Waals surface area contributed by atoms with Gasteiger partial charge in [0.15, 0.2) is 0 Å². The highest BCUT2D eigenvalue weighted by atomic mass is 32.2. The Morgan fingerprint density at radius 3 is 2.62 bits per heavy atom. The predicted molar refractivity (Wildman–Crippen MR) is 83.5 cm³/mol. The number of carbonyl (C=O) groups excluding carboxylic acids is 1. The van der Waals surface area contributed by atoms with Gasteiger partial charge in [-0.05, 0) is 20.4 Å². The zero-order valence-corrected chi connectivity index (χ0v) is 13.8. The van der Waals surface area contributed by atoms with Gasteiger partial charge in [-0.25, -0.2) is 9.59 Å². The number of hydrogen-bond acceptors (Lipinski definition) is 4. The van der Waals surface area contributed by atoms with Crippen molar-refractivity contribution >= 4 is 23.8 Å². The van der Waals surface area contributed by atoms with Gasteiger partial charge in [0.25, 0.3) is 0 Å². The average Bonchev–Trinajstić information content (AvgIpc) is 2.85. The van der Waals surface area contributed by atoms with Crippen molar-refractivity contribution in [2.75, 3.05) is 32.4 Å². The molecule has 2 amide bonds. The summed E-state index contributed by atoms with van der Waals surface area (Å²) in [5.74, 6) is -0.397. The van der Waals surface area contributed by atoms with Crippen LogP contribution in [0.1, 0.15) is 26.7 Å². The minimum atomic E-state index is -0.892. The standard InChI is InChI=1S/C14H25N3O3S/c1-4-5-12-17(11(9-21-12)13(18)19)14(20)16-7-6-15(3)10(2)8-16/h10-12H,4-9H2,1-3H3,(H,18,19). The number of nitrogens with zero attached hydrogens (tertiary/aromatic N) is 3. The Morgan fingerprint density at radius 1 is 1.33 bits per heavy atom. The lowest BCUT2D eigenvalue weighted by Gasteiger charge is -2.41. The third-order valence-electron chi connectivity index (χ3n) is 4.36. The zero-order valence-electron chi connectivity index (χ0n) is 13.0. The van der Waals surface area contributed by atoms with E-state index in [1.807, 2.05) is 4.90 Å². The lowest BCUT2D eigenvalue weighted by molar-refractivity contribution is -0.141. The van der Waals surface area contributed by atoms with Crippen molar-refractivity contribution in [3.8, 4) is 0 Å². The molecule has 120 valence electrons. The summed E-state index contributed by atoms with van der Waals surface area (Å²) in [6.45, 7) is 6.34. The summed E-state index contributed by atoms with van der Waals surface area (Å²) in [4.78, 5) is 29.9. The summed E-state index contributed by atoms with van der Waals surface area (Å²) in [5, 5.41) is 9.38. The summed E-state index contributed by atoms with van der Waals surface area (Å²) >= 11 is 1.59. The van der Waals surface area contributed by atoms with E-state index in [0.29, 0.717) is 24.9 Å². The molecule has 0 radical (unpaired) electrons. The van der Waals surface area contributed by atoms with Crippen LogP contribution in [0, 0.1) is 0 Å². The van der Waals surface area contributed by atoms with E-state index < -0.39 is 12.0 Å². The summed E-state index contributed by atoms with van der Waals surface area (Å²) in [6.07, 6.45) is 1.80. The molecule has 1 N–H and O–H groups in total. The molecule has 0 aromatic rings. The maximum absolute atomic E-state index is 12.8. The minimum absolute atomic E-state index is 0.00133. The second-order valence-electron chi connectivity index (χ2n) is 5.90. The number of amides is 2. The van der Waals surface area contributed by atoms with E-state index in [2.05, 4.69) is 25.8 Å². The summed E-state index contributed by atoms with van der Waals surface area (Å²) in [6, 6.07) is -0.481. The largest absolute Gasteiger partial charge is 0.480 e. The van der Waals surface area contributed by atoms with Crippen molar-refractivity contribution in [3.63, 3.8) is 0 Å². The molecular formula is C14H25N3O3S. The highest BCUT2D eigenvalue weighted by Gasteiger charge is 2.43. The van der Waals surface area contributed by atoms with Crippen LogP contribution in [0.3, 0.4) is 0 Å². The van der Waals surface area contributed by atoms with Crippen LogP contribution in [-0.2, 0) is 4.79 Å². The van der Waals surface area contributed by atoms with Crippen LogP contribution in [0.2, 0.25) is 0 Å². The zero-order chi connectivity index (χ0) is 15.6. The van der Waals surface area contributed by atoms with Gasteiger partial charge in [0.05, 0.1) is 5.37 Å². The molecule has 0 aliphatic carbocycles. The first-order valence-electron chi connectivity index (χ1n) is 7.57. The number of carboxylic acid groups (broad SMARTS) is 1. The first-order valence-corrected chi connectivity index (χ1v) is 8.62. The molecule has 3 unspecified atom stereocenters. The molecule has 0 saturated carbocycles. The van der Waals surface area contributed by atoms with E-state index in [9.17, 15) is 14.7 Å². The van der Waals surface area contributed by atoms with Crippen LogP contribution in [-0.4, -0.2) is 81.7 Å². The van der Waals surface area contributed by atoms with Gasteiger partial charge in [0.1, 0.15) is 6.04 Å². The highest BCUT2D eigenvalue weighted by molar-refractivity contribution is 8.00. The van der Waals surface area contributed by atoms with Crippen molar-refractivity contribution in [2.45, 2.75) is 44.1 Å². The van der Waals surface area contributed by atoms with Crippen LogP contribution >= 0.6 is 11.8 Å². The molecule has 2 aliphatic heterocycles. The monoisotopic (exact) mass is 315 g/mol. The fourth-order valence-electron chi connectivity index (χ4n) is 2.87. The minimum Gasteiger partial charge on any atom is -0.480 e. The Bertz CT molecular complexity index is 407. The number of thioether (sulfide) groups is 1. The fourth-order valence-corrected chi connectivity index (χ4v) is 4.37. The smallest absolute Gasteiger partial charge is 0.327 e. The van der Waals surface area contributed by atoms with Crippen LogP contribution < -0.4 is 0 Å². The molecule has 2 heterocycles. The molecule has 0 aromatic heterocycles. The van der Waals surface area contributed by atoms with Crippen LogP contribution in [0.15, 0.2) is 0 Å². The second-order valence-corrected chi connectivity index (χ2v) is 7.11. The topological polar surface area (TPSA) is 64.1 Å². The quantitative estimate of drug-likeness (QED) is 0.852. The van der Waals surface area contributed by atoms with Gasteiger partial charge in [-0.15, -0.1) is 11.8 Å². The number of hydrogen-bond donors (Lipinski definition) is 1. The SMILES string of the molecule is CCCC1SCC(C(=O)O)N1C(=O)N1CCN(C)C(C)C1. The molecule has 2 rings (SSSR count). The summed E-state index contributed by atoms with van der Waals surface area (Å²) in [5.41, 5.74) is 0. The van der Waals surface area contributed by atoms with E-state index in [0.717, 1.165) is 19.4 Å². The Kier molecular flexibility index (Phi) is 5.37. The molecule has 0 spiro atoms. The van der Waals surface area contributed by atoms with Gasteiger partial charge < -0.3 is 14.9 Å².